The second kappa shape index (κ2) is 5.56. The maximum atomic E-state index is 12.3. The van der Waals surface area contributed by atoms with Gasteiger partial charge in [0.1, 0.15) is 11.6 Å². The third-order valence-corrected chi connectivity index (χ3v) is 3.77. The maximum absolute atomic E-state index is 12.3. The van der Waals surface area contributed by atoms with Gasteiger partial charge in [0.25, 0.3) is 5.56 Å². The first kappa shape index (κ1) is 15.9. The van der Waals surface area contributed by atoms with Gasteiger partial charge in [0.2, 0.25) is 0 Å². The van der Waals surface area contributed by atoms with Crippen LogP contribution in [0.25, 0.3) is 10.8 Å². The van der Waals surface area contributed by atoms with Gasteiger partial charge >= 0.3 is 5.69 Å². The second-order valence-electron chi connectivity index (χ2n) is 6.64. The summed E-state index contributed by atoms with van der Waals surface area (Å²) in [7, 11) is 0. The molecule has 3 N–H and O–H groups in total. The van der Waals surface area contributed by atoms with Crippen LogP contribution in [-0.4, -0.2) is 14.7 Å². The second-order valence-corrected chi connectivity index (χ2v) is 6.64. The van der Waals surface area contributed by atoms with Crippen molar-refractivity contribution in [1.29, 1.82) is 0 Å². The van der Waals surface area contributed by atoms with Crippen molar-refractivity contribution in [3.63, 3.8) is 0 Å². The normalized spacial score (nSPS) is 11.6. The lowest BCUT2D eigenvalue weighted by atomic mass is 10.1. The highest BCUT2D eigenvalue weighted by Gasteiger charge is 2.18. The molecule has 0 aliphatic rings. The van der Waals surface area contributed by atoms with Crippen LogP contribution in [0.2, 0.25) is 0 Å². The van der Waals surface area contributed by atoms with Gasteiger partial charge < -0.3 is 10.4 Å². The summed E-state index contributed by atoms with van der Waals surface area (Å²) >= 11 is 0. The minimum absolute atomic E-state index is 0.174. The minimum Gasteiger partial charge on any atom is -0.507 e. The summed E-state index contributed by atoms with van der Waals surface area (Å²) in [5.74, 6) is 0.481. The zero-order valence-electron chi connectivity index (χ0n) is 13.8. The Kier molecular flexibility index (Phi) is 3.67. The summed E-state index contributed by atoms with van der Waals surface area (Å²) in [6.07, 6.45) is 0. The highest BCUT2D eigenvalue weighted by Crippen LogP contribution is 2.30. The Labute approximate surface area is 138 Å². The minimum atomic E-state index is -0.603. The van der Waals surface area contributed by atoms with E-state index in [-0.39, 0.29) is 11.3 Å². The van der Waals surface area contributed by atoms with E-state index < -0.39 is 11.2 Å². The van der Waals surface area contributed by atoms with E-state index in [1.54, 1.807) is 45.0 Å². The summed E-state index contributed by atoms with van der Waals surface area (Å²) in [5.41, 5.74) is -0.765. The van der Waals surface area contributed by atoms with Gasteiger partial charge in [0, 0.05) is 28.1 Å². The van der Waals surface area contributed by atoms with Crippen molar-refractivity contribution in [1.82, 2.24) is 9.55 Å². The molecule has 6 nitrogen and oxygen atoms in total. The van der Waals surface area contributed by atoms with E-state index >= 15 is 0 Å². The molecule has 0 atom stereocenters. The van der Waals surface area contributed by atoms with E-state index in [1.165, 1.54) is 10.6 Å². The zero-order chi connectivity index (χ0) is 17.5. The van der Waals surface area contributed by atoms with E-state index in [0.29, 0.717) is 16.9 Å². The smallest absolute Gasteiger partial charge is 0.330 e. The number of H-pyrrole nitrogens is 1. The molecule has 124 valence electrons. The molecule has 0 amide bonds. The monoisotopic (exact) mass is 325 g/mol. The largest absolute Gasteiger partial charge is 0.507 e. The number of phenols is 1. The van der Waals surface area contributed by atoms with Crippen LogP contribution < -0.4 is 16.6 Å². The number of hydrogen-bond acceptors (Lipinski definition) is 4. The van der Waals surface area contributed by atoms with E-state index in [4.69, 9.17) is 0 Å². The van der Waals surface area contributed by atoms with Gasteiger partial charge in [-0.1, -0.05) is 24.3 Å². The molecule has 24 heavy (non-hydrogen) atoms. The summed E-state index contributed by atoms with van der Waals surface area (Å²) in [5, 5.41) is 14.5. The Bertz CT molecular complexity index is 995. The van der Waals surface area contributed by atoms with Crippen molar-refractivity contribution in [3.05, 3.63) is 63.3 Å². The third-order valence-electron chi connectivity index (χ3n) is 3.77. The Morgan fingerprint density at radius 1 is 1.04 bits per heavy atom. The number of anilines is 2. The molecule has 0 radical (unpaired) electrons. The van der Waals surface area contributed by atoms with Gasteiger partial charge in [-0.2, -0.15) is 0 Å². The molecule has 0 aliphatic heterocycles. The fourth-order valence-electron chi connectivity index (χ4n) is 2.75. The molecule has 1 aromatic heterocycles. The van der Waals surface area contributed by atoms with Crippen molar-refractivity contribution >= 4 is 22.3 Å². The number of aromatic nitrogens is 2. The fourth-order valence-corrected chi connectivity index (χ4v) is 2.75. The number of aromatic hydroxyl groups is 1. The van der Waals surface area contributed by atoms with Crippen molar-refractivity contribution in [2.24, 2.45) is 0 Å². The average Bonchev–Trinajstić information content (AvgIpc) is 2.46. The third kappa shape index (κ3) is 2.78. The number of benzene rings is 2. The standard InChI is InChI=1S/C18H19N3O3/c1-18(2,3)21-16(23)10-15(20-17(21)24)19-13-8-4-7-12-11(13)6-5-9-14(12)22/h4-10,19,22H,1-3H3,(H,20,24). The Balaban J connectivity index is 2.09. The van der Waals surface area contributed by atoms with E-state index in [1.807, 2.05) is 12.1 Å². The number of aromatic amines is 1. The van der Waals surface area contributed by atoms with Gasteiger partial charge in [0.05, 0.1) is 0 Å². The molecule has 0 fully saturated rings. The van der Waals surface area contributed by atoms with Crippen LogP contribution in [0.3, 0.4) is 0 Å². The van der Waals surface area contributed by atoms with Crippen LogP contribution in [0.4, 0.5) is 11.5 Å². The van der Waals surface area contributed by atoms with E-state index in [9.17, 15) is 14.7 Å². The van der Waals surface area contributed by atoms with Gasteiger partial charge in [0.15, 0.2) is 0 Å². The lowest BCUT2D eigenvalue weighted by molar-refractivity contribution is 0.367. The van der Waals surface area contributed by atoms with Crippen LogP contribution in [-0.2, 0) is 5.54 Å². The zero-order valence-corrected chi connectivity index (χ0v) is 13.8. The SMILES string of the molecule is CC(C)(C)n1c(=O)cc(Nc2cccc3c(O)cccc23)[nH]c1=O. The number of fused-ring (bicyclic) bond motifs is 1. The Hall–Kier alpha value is -3.02. The van der Waals surface area contributed by atoms with Gasteiger partial charge in [-0.15, -0.1) is 0 Å². The number of nitrogens with one attached hydrogen (secondary N) is 2. The van der Waals surface area contributed by atoms with E-state index in [0.717, 1.165) is 5.39 Å². The van der Waals surface area contributed by atoms with Crippen molar-refractivity contribution in [2.45, 2.75) is 26.3 Å². The maximum Gasteiger partial charge on any atom is 0.330 e. The molecule has 0 saturated carbocycles. The molecule has 3 aromatic rings. The Morgan fingerprint density at radius 3 is 2.38 bits per heavy atom. The number of hydrogen-bond donors (Lipinski definition) is 3. The van der Waals surface area contributed by atoms with Gasteiger partial charge in [-0.05, 0) is 32.9 Å². The quantitative estimate of drug-likeness (QED) is 0.676. The summed E-state index contributed by atoms with van der Waals surface area (Å²) in [4.78, 5) is 27.2. The topological polar surface area (TPSA) is 87.1 Å². The lowest BCUT2D eigenvalue weighted by Gasteiger charge is -2.21. The highest BCUT2D eigenvalue weighted by molar-refractivity contribution is 5.98. The van der Waals surface area contributed by atoms with Crippen molar-refractivity contribution < 1.29 is 5.11 Å². The van der Waals surface area contributed by atoms with Gasteiger partial charge in [-0.25, -0.2) is 4.79 Å². The predicted molar refractivity (Wildman–Crippen MR) is 95.2 cm³/mol. The molecular formula is C18H19N3O3. The lowest BCUT2D eigenvalue weighted by Crippen LogP contribution is -2.44. The molecule has 6 heteroatoms. The summed E-state index contributed by atoms with van der Waals surface area (Å²) < 4.78 is 1.17. The average molecular weight is 325 g/mol. The molecule has 1 heterocycles. The van der Waals surface area contributed by atoms with Gasteiger partial charge in [-0.3, -0.25) is 14.3 Å². The molecule has 0 saturated heterocycles. The van der Waals surface area contributed by atoms with Crippen LogP contribution in [0.1, 0.15) is 20.8 Å². The number of nitrogens with zero attached hydrogens (tertiary/aromatic N) is 1. The Morgan fingerprint density at radius 2 is 1.71 bits per heavy atom. The molecule has 0 unspecified atom stereocenters. The molecule has 0 bridgehead atoms. The molecule has 0 spiro atoms. The van der Waals surface area contributed by atoms with Crippen LogP contribution in [0.5, 0.6) is 5.75 Å². The summed E-state index contributed by atoms with van der Waals surface area (Å²) in [6.45, 7) is 5.39. The first-order chi connectivity index (χ1) is 11.3. The fraction of sp³-hybridized carbons (Fsp3) is 0.222. The molecular weight excluding hydrogens is 306 g/mol. The molecule has 3 rings (SSSR count). The first-order valence-electron chi connectivity index (χ1n) is 7.62. The predicted octanol–water partition coefficient (Wildman–Crippen LogP) is 2.89. The number of rotatable bonds is 2. The van der Waals surface area contributed by atoms with Crippen LogP contribution >= 0.6 is 0 Å². The summed E-state index contributed by atoms with van der Waals surface area (Å²) in [6, 6.07) is 12.0. The van der Waals surface area contributed by atoms with Crippen LogP contribution in [0.15, 0.2) is 52.1 Å². The first-order valence-corrected chi connectivity index (χ1v) is 7.62. The van der Waals surface area contributed by atoms with Crippen molar-refractivity contribution in [3.8, 4) is 5.75 Å². The number of phenolic OH excluding ortho intramolecular Hbond substituents is 1. The van der Waals surface area contributed by atoms with E-state index in [2.05, 4.69) is 10.3 Å². The highest BCUT2D eigenvalue weighted by atomic mass is 16.3. The van der Waals surface area contributed by atoms with Crippen molar-refractivity contribution in [2.75, 3.05) is 5.32 Å². The molecule has 2 aromatic carbocycles. The van der Waals surface area contributed by atoms with Crippen LogP contribution in [0, 0.1) is 0 Å². The molecule has 0 aliphatic carbocycles.